The summed E-state index contributed by atoms with van der Waals surface area (Å²) in [6.45, 7) is 4.43. The molecule has 0 radical (unpaired) electrons. The molecule has 0 unspecified atom stereocenters. The van der Waals surface area contributed by atoms with Crippen LogP contribution in [0.5, 0.6) is 0 Å². The van der Waals surface area contributed by atoms with Crippen molar-refractivity contribution in [2.24, 2.45) is 0 Å². The van der Waals surface area contributed by atoms with Gasteiger partial charge < -0.3 is 62.9 Å². The molecule has 2 aliphatic heterocycles. The number of carboxylic acid groups (broad SMARTS) is 6. The van der Waals surface area contributed by atoms with Gasteiger partial charge in [-0.3, -0.25) is 0 Å². The van der Waals surface area contributed by atoms with E-state index in [4.69, 9.17) is 59.4 Å². The van der Waals surface area contributed by atoms with Crippen LogP contribution in [0.25, 0.3) is 0 Å². The fraction of sp³-hybridized carbons (Fsp3) is 0.400. The van der Waals surface area contributed by atoms with Crippen molar-refractivity contribution < 1.29 is 70.4 Å². The summed E-state index contributed by atoms with van der Waals surface area (Å²) in [6, 6.07) is 21.5. The van der Waals surface area contributed by atoms with Crippen LogP contribution in [-0.4, -0.2) is 118 Å². The van der Waals surface area contributed by atoms with Gasteiger partial charge in [-0.1, -0.05) is 60.7 Å². The molecule has 0 atom stereocenters. The molecule has 14 N–H and O–H groups in total. The van der Waals surface area contributed by atoms with Crippen molar-refractivity contribution in [2.45, 2.75) is 36.8 Å². The van der Waals surface area contributed by atoms with Gasteiger partial charge >= 0.3 is 35.8 Å². The lowest BCUT2D eigenvalue weighted by atomic mass is 9.82. The second kappa shape index (κ2) is 25.2. The number of nitrogens with one attached hydrogen (secondary N) is 4. The van der Waals surface area contributed by atoms with Crippen LogP contribution in [0.15, 0.2) is 60.7 Å². The molecular formula is C30H46N4O14. The summed E-state index contributed by atoms with van der Waals surface area (Å²) in [5.41, 5.74) is 3.24. The van der Waals surface area contributed by atoms with Gasteiger partial charge in [0.2, 0.25) is 0 Å². The van der Waals surface area contributed by atoms with E-state index in [0.717, 1.165) is 26.2 Å². The van der Waals surface area contributed by atoms with Gasteiger partial charge in [-0.15, -0.1) is 0 Å². The number of piperidine rings is 2. The molecule has 0 aromatic heterocycles. The van der Waals surface area contributed by atoms with Crippen LogP contribution in [0.2, 0.25) is 0 Å². The van der Waals surface area contributed by atoms with Gasteiger partial charge in [-0.05, 0) is 77.1 Å². The molecule has 2 saturated heterocycles. The molecule has 0 bridgehead atoms. The van der Waals surface area contributed by atoms with Crippen LogP contribution in [0.3, 0.4) is 0 Å². The molecule has 18 nitrogen and oxygen atoms in total. The highest BCUT2D eigenvalue weighted by Gasteiger charge is 2.32. The van der Waals surface area contributed by atoms with Crippen LogP contribution >= 0.6 is 0 Å². The van der Waals surface area contributed by atoms with E-state index >= 15 is 0 Å². The number of carbonyl (C=O) groups is 6. The Hall–Kier alpha value is -4.98. The van der Waals surface area contributed by atoms with E-state index in [1.54, 1.807) is 0 Å². The standard InChI is InChI=1S/2C12H18N2.3C2H2O4.2H2O/c2*1-13-12(7-9-14-10-8-12)11-5-3-2-4-6-11;3*3-1(4)2(5)6;;/h2*2-6,13-14H,7-10H2,1H3;3*(H,3,4)(H,5,6);2*1H2. The Kier molecular flexibility index (Phi) is 24.9. The third-order valence-electron chi connectivity index (χ3n) is 7.07. The summed E-state index contributed by atoms with van der Waals surface area (Å²) >= 11 is 0. The fourth-order valence-corrected chi connectivity index (χ4v) is 4.59. The van der Waals surface area contributed by atoms with Crippen LogP contribution in [0.1, 0.15) is 36.8 Å². The molecule has 48 heavy (non-hydrogen) atoms. The molecule has 2 heterocycles. The maximum atomic E-state index is 9.10. The molecule has 2 aromatic carbocycles. The van der Waals surface area contributed by atoms with Gasteiger partial charge in [0.1, 0.15) is 0 Å². The first-order chi connectivity index (χ1) is 21.7. The summed E-state index contributed by atoms with van der Waals surface area (Å²) in [5, 5.41) is 58.1. The lowest BCUT2D eigenvalue weighted by Crippen LogP contribution is -2.48. The zero-order valence-electron chi connectivity index (χ0n) is 26.6. The Balaban J connectivity index is -0.000000558. The predicted octanol–water partition coefficient (Wildman–Crippen LogP) is -1.21. The largest absolute Gasteiger partial charge is 0.473 e. The molecular weight excluding hydrogens is 640 g/mol. The topological polar surface area (TPSA) is 335 Å². The summed E-state index contributed by atoms with van der Waals surface area (Å²) in [4.78, 5) is 54.6. The number of rotatable bonds is 4. The minimum Gasteiger partial charge on any atom is -0.473 e. The van der Waals surface area contributed by atoms with E-state index in [9.17, 15) is 0 Å². The van der Waals surface area contributed by atoms with Crippen LogP contribution in [-0.2, 0) is 39.8 Å². The Morgan fingerprint density at radius 3 is 0.854 bits per heavy atom. The van der Waals surface area contributed by atoms with Crippen molar-refractivity contribution in [1.29, 1.82) is 0 Å². The van der Waals surface area contributed by atoms with Gasteiger partial charge in [0.05, 0.1) is 0 Å². The van der Waals surface area contributed by atoms with Gasteiger partial charge in [0.25, 0.3) is 0 Å². The lowest BCUT2D eigenvalue weighted by Gasteiger charge is -2.38. The fourth-order valence-electron chi connectivity index (χ4n) is 4.59. The zero-order valence-corrected chi connectivity index (χ0v) is 26.6. The first-order valence-electron chi connectivity index (χ1n) is 14.0. The average molecular weight is 687 g/mol. The monoisotopic (exact) mass is 686 g/mol. The molecule has 18 heteroatoms. The van der Waals surface area contributed by atoms with E-state index in [-0.39, 0.29) is 22.0 Å². The second-order valence-corrected chi connectivity index (χ2v) is 9.73. The van der Waals surface area contributed by atoms with E-state index in [0.29, 0.717) is 0 Å². The van der Waals surface area contributed by atoms with Crippen molar-refractivity contribution in [3.05, 3.63) is 71.8 Å². The van der Waals surface area contributed by atoms with Crippen molar-refractivity contribution in [1.82, 2.24) is 21.3 Å². The first kappa shape index (κ1) is 47.4. The van der Waals surface area contributed by atoms with Crippen molar-refractivity contribution in [2.75, 3.05) is 40.3 Å². The van der Waals surface area contributed by atoms with Crippen LogP contribution in [0.4, 0.5) is 0 Å². The molecule has 2 aliphatic rings. The Morgan fingerprint density at radius 1 is 0.479 bits per heavy atom. The Bertz CT molecular complexity index is 1100. The molecule has 2 aromatic rings. The minimum atomic E-state index is -1.82. The highest BCUT2D eigenvalue weighted by molar-refractivity contribution is 6.28. The smallest absolute Gasteiger partial charge is 0.414 e. The molecule has 0 spiro atoms. The summed E-state index contributed by atoms with van der Waals surface area (Å²) in [7, 11) is 4.14. The number of hydrogen-bond acceptors (Lipinski definition) is 10. The quantitative estimate of drug-likeness (QED) is 0.169. The molecule has 0 amide bonds. The minimum absolute atomic E-state index is 0. The molecule has 4 rings (SSSR count). The Labute approximate surface area is 276 Å². The summed E-state index contributed by atoms with van der Waals surface area (Å²) < 4.78 is 0. The summed E-state index contributed by atoms with van der Waals surface area (Å²) in [5.74, 6) is -10.9. The molecule has 270 valence electrons. The SMILES string of the molecule is CNC1(c2ccccc2)CCNCC1.CNC1(c2ccccc2)CCNCC1.O.O.O=C(O)C(=O)O.O=C(O)C(=O)O.O=C(O)C(=O)O. The normalized spacial score (nSPS) is 14.8. The number of benzene rings is 2. The van der Waals surface area contributed by atoms with E-state index in [2.05, 4.69) is 96.0 Å². The number of carboxylic acids is 6. The van der Waals surface area contributed by atoms with Crippen molar-refractivity contribution >= 4 is 35.8 Å². The number of aliphatic carboxylic acids is 6. The van der Waals surface area contributed by atoms with Crippen LogP contribution in [0, 0.1) is 0 Å². The van der Waals surface area contributed by atoms with E-state index < -0.39 is 35.8 Å². The highest BCUT2D eigenvalue weighted by Crippen LogP contribution is 2.30. The van der Waals surface area contributed by atoms with Gasteiger partial charge in [0, 0.05) is 11.1 Å². The first-order valence-corrected chi connectivity index (χ1v) is 14.0. The van der Waals surface area contributed by atoms with E-state index in [1.807, 2.05) is 0 Å². The zero-order chi connectivity index (χ0) is 35.2. The molecule has 0 saturated carbocycles. The van der Waals surface area contributed by atoms with Gasteiger partial charge in [-0.2, -0.15) is 0 Å². The van der Waals surface area contributed by atoms with Gasteiger partial charge in [-0.25, -0.2) is 28.8 Å². The third-order valence-corrected chi connectivity index (χ3v) is 7.07. The second-order valence-electron chi connectivity index (χ2n) is 9.73. The lowest BCUT2D eigenvalue weighted by molar-refractivity contribution is -0.159. The van der Waals surface area contributed by atoms with E-state index in [1.165, 1.54) is 36.8 Å². The van der Waals surface area contributed by atoms with Gasteiger partial charge in [0.15, 0.2) is 0 Å². The van der Waals surface area contributed by atoms with Crippen molar-refractivity contribution in [3.8, 4) is 0 Å². The molecule has 0 aliphatic carbocycles. The maximum Gasteiger partial charge on any atom is 0.414 e. The maximum absolute atomic E-state index is 9.10. The third kappa shape index (κ3) is 17.6. The van der Waals surface area contributed by atoms with Crippen LogP contribution < -0.4 is 21.3 Å². The Morgan fingerprint density at radius 2 is 0.688 bits per heavy atom. The predicted molar refractivity (Wildman–Crippen MR) is 172 cm³/mol. The van der Waals surface area contributed by atoms with Crippen molar-refractivity contribution in [3.63, 3.8) is 0 Å². The average Bonchev–Trinajstić information content (AvgIpc) is 3.07. The molecule has 2 fully saturated rings. The summed E-state index contributed by atoms with van der Waals surface area (Å²) in [6.07, 6.45) is 4.70. The number of hydrogen-bond donors (Lipinski definition) is 10. The highest BCUT2D eigenvalue weighted by atomic mass is 16.5.